The Morgan fingerprint density at radius 3 is 0.551 bits per heavy atom. The van der Waals surface area contributed by atoms with Gasteiger partial charge in [-0.3, -0.25) is 0 Å². The zero-order chi connectivity index (χ0) is 35.2. The summed E-state index contributed by atoms with van der Waals surface area (Å²) in [5.41, 5.74) is 0.542. The molecule has 0 amide bonds. The van der Waals surface area contributed by atoms with Crippen LogP contribution in [0.1, 0.15) is 288 Å². The topological polar surface area (TPSA) is 0 Å². The molecule has 0 aliphatic carbocycles. The van der Waals surface area contributed by atoms with Crippen LogP contribution in [0.5, 0.6) is 0 Å². The van der Waals surface area contributed by atoms with E-state index >= 15 is 0 Å². The molecule has 0 unspecified atom stereocenters. The monoisotopic (exact) mass is 715 g/mol. The summed E-state index contributed by atoms with van der Waals surface area (Å²) in [5.74, 6) is 5.37. The average molecular weight is 716 g/mol. The van der Waals surface area contributed by atoms with Gasteiger partial charge in [-0.15, -0.1) is 0 Å². The Kier molecular flexibility index (Phi) is 146. The average Bonchev–Trinajstić information content (AvgIpc) is 2.92. The maximum absolute atomic E-state index is 2.28. The third-order valence-corrected chi connectivity index (χ3v) is 7.87. The number of rotatable bonds is 12. The smallest absolute Gasteiger partial charge is 0.0385 e. The van der Waals surface area contributed by atoms with Crippen LogP contribution < -0.4 is 0 Å². The molecule has 0 aromatic rings. The van der Waals surface area contributed by atoms with Crippen molar-refractivity contribution in [2.45, 2.75) is 288 Å². The van der Waals surface area contributed by atoms with Crippen LogP contribution in [0.3, 0.4) is 0 Å². The van der Waals surface area contributed by atoms with Crippen molar-refractivity contribution in [1.82, 2.24) is 0 Å². The Morgan fingerprint density at radius 2 is 0.531 bits per heavy atom. The van der Waals surface area contributed by atoms with Crippen molar-refractivity contribution < 1.29 is 0 Å². The van der Waals surface area contributed by atoms with Gasteiger partial charge in [0.2, 0.25) is 0 Å². The lowest BCUT2D eigenvalue weighted by atomic mass is 9.94. The molecule has 0 fully saturated rings. The summed E-state index contributed by atoms with van der Waals surface area (Å²) in [4.78, 5) is 0. The normalized spacial score (nSPS) is 8.82. The molecule has 0 heteroatoms. The molecule has 0 heterocycles. The van der Waals surface area contributed by atoms with Crippen LogP contribution in [0.25, 0.3) is 0 Å². The van der Waals surface area contributed by atoms with Gasteiger partial charge in [-0.25, -0.2) is 0 Å². The molecule has 0 aromatic carbocycles. The van der Waals surface area contributed by atoms with Gasteiger partial charge >= 0.3 is 0 Å². The number of hydrogen-bond donors (Lipinski definition) is 0. The molecule has 0 bridgehead atoms. The van der Waals surface area contributed by atoms with Gasteiger partial charge < -0.3 is 0 Å². The minimum Gasteiger partial charge on any atom is -0.0776 e. The van der Waals surface area contributed by atoms with E-state index in [1.54, 1.807) is 0 Å². The van der Waals surface area contributed by atoms with Crippen molar-refractivity contribution in [3.63, 3.8) is 0 Å². The van der Waals surface area contributed by atoms with E-state index < -0.39 is 0 Å². The second kappa shape index (κ2) is 77.5. The van der Waals surface area contributed by atoms with Gasteiger partial charge in [-0.1, -0.05) is 288 Å². The highest BCUT2D eigenvalue weighted by Crippen LogP contribution is 2.16. The molecule has 0 saturated carbocycles. The first-order valence-electron chi connectivity index (χ1n) is 19.3. The number of unbranched alkanes of at least 4 members (excludes halogenated alkanes) is 3. The van der Waals surface area contributed by atoms with Gasteiger partial charge in [0.1, 0.15) is 0 Å². The minimum absolute atomic E-state index is 0. The third-order valence-electron chi connectivity index (χ3n) is 7.87. The summed E-state index contributed by atoms with van der Waals surface area (Å²) in [6.07, 6.45) is 17.5. The first-order valence-corrected chi connectivity index (χ1v) is 19.3. The summed E-state index contributed by atoms with van der Waals surface area (Å²) in [6.45, 7) is 49.3. The van der Waals surface area contributed by atoms with E-state index in [0.717, 1.165) is 35.5 Å². The third kappa shape index (κ3) is 176. The molecule has 0 rings (SSSR count). The molecule has 0 aliphatic heterocycles. The van der Waals surface area contributed by atoms with Gasteiger partial charge in [0.25, 0.3) is 0 Å². The Balaban J connectivity index is -0.0000000237. The molecule has 0 N–H and O–H groups in total. The Labute approximate surface area is 327 Å². The summed E-state index contributed by atoms with van der Waals surface area (Å²) in [5, 5.41) is 0. The largest absolute Gasteiger partial charge is 0.0776 e. The fourth-order valence-corrected chi connectivity index (χ4v) is 2.23. The first kappa shape index (κ1) is 92.2. The van der Waals surface area contributed by atoms with Crippen molar-refractivity contribution in [3.05, 3.63) is 0 Å². The highest BCUT2D eigenvalue weighted by atomic mass is 14.1. The Hall–Kier alpha value is 0. The molecule has 49 heavy (non-hydrogen) atoms. The van der Waals surface area contributed by atoms with Gasteiger partial charge in [0.15, 0.2) is 0 Å². The molecular formula is C49H126. The lowest BCUT2D eigenvalue weighted by Crippen LogP contribution is -2.00. The Bertz CT molecular complexity index is 330. The van der Waals surface area contributed by atoms with Gasteiger partial charge in [-0.2, -0.15) is 0 Å². The van der Waals surface area contributed by atoms with E-state index in [1.807, 2.05) is 0 Å². The molecule has 0 spiro atoms. The zero-order valence-electron chi connectivity index (χ0n) is 35.2. The second-order valence-electron chi connectivity index (χ2n) is 15.3. The zero-order valence-corrected chi connectivity index (χ0v) is 35.2. The van der Waals surface area contributed by atoms with Crippen molar-refractivity contribution in [1.29, 1.82) is 0 Å². The van der Waals surface area contributed by atoms with E-state index in [2.05, 4.69) is 152 Å². The van der Waals surface area contributed by atoms with Crippen LogP contribution in [-0.4, -0.2) is 0 Å². The second-order valence-corrected chi connectivity index (χ2v) is 15.3. The molecule has 0 nitrogen and oxygen atoms in total. The van der Waals surface area contributed by atoms with Gasteiger partial charge in [-0.05, 0) is 40.9 Å². The molecule has 0 aromatic heterocycles. The summed E-state index contributed by atoms with van der Waals surface area (Å²) in [7, 11) is 0. The summed E-state index contributed by atoms with van der Waals surface area (Å²) >= 11 is 0. The van der Waals surface area contributed by atoms with E-state index in [0.29, 0.717) is 5.41 Å². The fraction of sp³-hybridized carbons (Fsp3) is 1.00. The van der Waals surface area contributed by atoms with Crippen molar-refractivity contribution in [2.75, 3.05) is 0 Å². The molecule has 0 radical (unpaired) electrons. The molecule has 0 atom stereocenters. The van der Waals surface area contributed by atoms with Crippen molar-refractivity contribution >= 4 is 0 Å². The maximum Gasteiger partial charge on any atom is -0.0385 e. The molecule has 322 valence electrons. The van der Waals surface area contributed by atoms with E-state index in [9.17, 15) is 0 Å². The first-order chi connectivity index (χ1) is 19.3. The van der Waals surface area contributed by atoms with Crippen LogP contribution >= 0.6 is 0 Å². The quantitative estimate of drug-likeness (QED) is 0.177. The standard InChI is InChI=1S/7C6H14.7CH4/c1-5-6(2,3)4;1-5(2)6(3)4;2*1-4-5-6(2)3;2*1-4-6(3)5-2;1-3-5-6-4-2;;;;;;;/h5H2,1-4H3;5-6H,1-4H3;4*6H,4-5H2,1-3H3;3-6H2,1-2H3;7*1H4. The summed E-state index contributed by atoms with van der Waals surface area (Å²) in [6, 6.07) is 0. The lowest BCUT2D eigenvalue weighted by Gasteiger charge is -2.12. The van der Waals surface area contributed by atoms with Crippen LogP contribution in [0.4, 0.5) is 0 Å². The van der Waals surface area contributed by atoms with E-state index in [4.69, 9.17) is 0 Å². The van der Waals surface area contributed by atoms with Gasteiger partial charge in [0.05, 0.1) is 0 Å². The molecule has 0 saturated heterocycles. The predicted molar refractivity (Wildman–Crippen MR) is 255 cm³/mol. The summed E-state index contributed by atoms with van der Waals surface area (Å²) < 4.78 is 0. The lowest BCUT2D eigenvalue weighted by molar-refractivity contribution is 0.398. The van der Waals surface area contributed by atoms with Crippen LogP contribution in [0.2, 0.25) is 0 Å². The highest BCUT2D eigenvalue weighted by molar-refractivity contribution is 4.55. The van der Waals surface area contributed by atoms with Crippen LogP contribution in [0.15, 0.2) is 0 Å². The molecular weight excluding hydrogens is 589 g/mol. The predicted octanol–water partition coefficient (Wildman–Crippen LogP) is 21.6. The highest BCUT2D eigenvalue weighted by Gasteiger charge is 2.03. The van der Waals surface area contributed by atoms with E-state index in [-0.39, 0.29) is 52.0 Å². The molecule has 0 aliphatic rings. The van der Waals surface area contributed by atoms with Gasteiger partial charge in [0, 0.05) is 0 Å². The number of hydrogen-bond acceptors (Lipinski definition) is 0. The van der Waals surface area contributed by atoms with E-state index in [1.165, 1.54) is 83.5 Å². The maximum atomic E-state index is 2.28. The Morgan fingerprint density at radius 1 is 0.347 bits per heavy atom. The van der Waals surface area contributed by atoms with Crippen molar-refractivity contribution in [3.8, 4) is 0 Å². The van der Waals surface area contributed by atoms with Crippen LogP contribution in [-0.2, 0) is 0 Å². The van der Waals surface area contributed by atoms with Crippen molar-refractivity contribution in [2.24, 2.45) is 40.9 Å². The SMILES string of the molecule is C.C.C.C.C.C.C.CC(C)C(C)C.CCC(C)(C)C.CCC(C)CC.CCC(C)CC.CCCC(C)C.CCCC(C)C.CCCCCC. The fourth-order valence-electron chi connectivity index (χ4n) is 2.23. The minimum atomic E-state index is 0. The van der Waals surface area contributed by atoms with Crippen LogP contribution in [0, 0.1) is 40.9 Å².